The van der Waals surface area contributed by atoms with Crippen LogP contribution in [0.15, 0.2) is 54.6 Å². The van der Waals surface area contributed by atoms with E-state index in [1.165, 1.54) is 33.6 Å². The Kier molecular flexibility index (Phi) is 12.0. The van der Waals surface area contributed by atoms with Gasteiger partial charge in [0.05, 0.1) is 0 Å². The van der Waals surface area contributed by atoms with E-state index in [-0.39, 0.29) is 6.10 Å². The molecular formula is C31H46N2O. The summed E-state index contributed by atoms with van der Waals surface area (Å²) in [4.78, 5) is 4.57. The van der Waals surface area contributed by atoms with E-state index >= 15 is 0 Å². The van der Waals surface area contributed by atoms with Crippen LogP contribution in [0, 0.1) is 0 Å². The molecule has 0 amide bonds. The lowest BCUT2D eigenvalue weighted by atomic mass is 9.97. The lowest BCUT2D eigenvalue weighted by Gasteiger charge is -2.22. The summed E-state index contributed by atoms with van der Waals surface area (Å²) in [5.74, 6) is 0. The molecule has 0 saturated heterocycles. The van der Waals surface area contributed by atoms with Crippen LogP contribution in [-0.2, 0) is 17.6 Å². The third-order valence-electron chi connectivity index (χ3n) is 6.45. The van der Waals surface area contributed by atoms with Crippen molar-refractivity contribution in [2.24, 2.45) is 0 Å². The van der Waals surface area contributed by atoms with Gasteiger partial charge in [0.25, 0.3) is 0 Å². The van der Waals surface area contributed by atoms with Gasteiger partial charge in [-0.25, -0.2) is 0 Å². The van der Waals surface area contributed by atoms with E-state index in [0.29, 0.717) is 6.61 Å². The van der Waals surface area contributed by atoms with Crippen molar-refractivity contribution in [1.82, 2.24) is 0 Å². The summed E-state index contributed by atoms with van der Waals surface area (Å²) in [6.45, 7) is 13.6. The van der Waals surface area contributed by atoms with Crippen LogP contribution in [0.4, 0.5) is 11.4 Å². The van der Waals surface area contributed by atoms with Crippen molar-refractivity contribution in [2.45, 2.75) is 66.4 Å². The van der Waals surface area contributed by atoms with Gasteiger partial charge in [0.2, 0.25) is 0 Å². The lowest BCUT2D eigenvalue weighted by Crippen LogP contribution is -2.16. The normalized spacial score (nSPS) is 12.6. The van der Waals surface area contributed by atoms with Gasteiger partial charge in [-0.2, -0.15) is 0 Å². The molecule has 0 saturated carbocycles. The quantitative estimate of drug-likeness (QED) is 0.266. The zero-order valence-electron chi connectivity index (χ0n) is 22.6. The Morgan fingerprint density at radius 1 is 0.765 bits per heavy atom. The van der Waals surface area contributed by atoms with Crippen LogP contribution in [0.25, 0.3) is 6.08 Å². The number of benzene rings is 2. The minimum atomic E-state index is -0.0344. The summed E-state index contributed by atoms with van der Waals surface area (Å²) >= 11 is 0. The molecule has 0 spiro atoms. The summed E-state index contributed by atoms with van der Waals surface area (Å²) in [6.07, 6.45) is 13.1. The van der Waals surface area contributed by atoms with Crippen molar-refractivity contribution in [3.05, 3.63) is 76.9 Å². The molecule has 0 heterocycles. The average Bonchev–Trinajstić information content (AvgIpc) is 2.86. The van der Waals surface area contributed by atoms with E-state index in [1.807, 2.05) is 0 Å². The van der Waals surface area contributed by atoms with Gasteiger partial charge in [-0.3, -0.25) is 0 Å². The fraction of sp³-hybridized carbons (Fsp3) is 0.484. The molecule has 1 unspecified atom stereocenters. The maximum atomic E-state index is 6.17. The second kappa shape index (κ2) is 14.7. The Morgan fingerprint density at radius 2 is 1.35 bits per heavy atom. The van der Waals surface area contributed by atoms with E-state index in [4.69, 9.17) is 4.74 Å². The third kappa shape index (κ3) is 7.77. The van der Waals surface area contributed by atoms with Crippen LogP contribution in [-0.4, -0.2) is 33.8 Å². The molecule has 0 N–H and O–H groups in total. The number of hydrogen-bond donors (Lipinski definition) is 0. The zero-order valence-corrected chi connectivity index (χ0v) is 22.6. The molecule has 2 aromatic rings. The lowest BCUT2D eigenvalue weighted by molar-refractivity contribution is 0.0962. The first-order chi connectivity index (χ1) is 16.5. The molecule has 0 aliphatic carbocycles. The Bertz CT molecular complexity index is 931. The van der Waals surface area contributed by atoms with E-state index in [9.17, 15) is 0 Å². The van der Waals surface area contributed by atoms with Crippen LogP contribution in [0.5, 0.6) is 0 Å². The highest BCUT2D eigenvalue weighted by atomic mass is 16.5. The minimum absolute atomic E-state index is 0.0344. The summed E-state index contributed by atoms with van der Waals surface area (Å²) in [6, 6.07) is 13.6. The van der Waals surface area contributed by atoms with Crippen molar-refractivity contribution in [2.75, 3.05) is 43.6 Å². The number of ether oxygens (including phenoxy) is 1. The molecule has 0 aliphatic rings. The van der Waals surface area contributed by atoms with E-state index in [1.54, 1.807) is 0 Å². The van der Waals surface area contributed by atoms with Crippen LogP contribution < -0.4 is 9.80 Å². The number of anilines is 2. The molecular weight excluding hydrogens is 416 g/mol. The fourth-order valence-corrected chi connectivity index (χ4v) is 4.19. The van der Waals surface area contributed by atoms with Crippen molar-refractivity contribution >= 4 is 17.5 Å². The first kappa shape index (κ1) is 27.7. The molecule has 0 fully saturated rings. The molecule has 3 heteroatoms. The third-order valence-corrected chi connectivity index (χ3v) is 6.45. The molecule has 1 atom stereocenters. The molecule has 0 aliphatic heterocycles. The fourth-order valence-electron chi connectivity index (χ4n) is 4.19. The molecule has 186 valence electrons. The predicted molar refractivity (Wildman–Crippen MR) is 151 cm³/mol. The highest BCUT2D eigenvalue weighted by Gasteiger charge is 2.14. The molecule has 3 nitrogen and oxygen atoms in total. The standard InChI is InChI=1S/C31H46N2O/c1-8-15-26-23-28(32(6)10-3)20-19-25(26)17-13-14-18-31(34-12-5)30-22-21-29(33(7)11-4)24-27(30)16-9-2/h13-14,17-24,31H,8-12,15-16H2,1-7H3. The van der Waals surface area contributed by atoms with Crippen LogP contribution >= 0.6 is 0 Å². The van der Waals surface area contributed by atoms with Gasteiger partial charge in [0, 0.05) is 45.2 Å². The second-order valence-electron chi connectivity index (χ2n) is 8.91. The highest BCUT2D eigenvalue weighted by molar-refractivity contribution is 5.61. The van der Waals surface area contributed by atoms with Gasteiger partial charge < -0.3 is 14.5 Å². The topological polar surface area (TPSA) is 15.7 Å². The number of rotatable bonds is 14. The first-order valence-electron chi connectivity index (χ1n) is 13.1. The van der Waals surface area contributed by atoms with E-state index in [2.05, 4.69) is 119 Å². The summed E-state index contributed by atoms with van der Waals surface area (Å²) < 4.78 is 6.17. The molecule has 0 bridgehead atoms. The SMILES string of the molecule is CCCc1cc(N(C)CC)ccc1C=CC=CC(OCC)c1ccc(N(C)CC)cc1CCC. The molecule has 34 heavy (non-hydrogen) atoms. The Hall–Kier alpha value is -2.52. The van der Waals surface area contributed by atoms with Crippen LogP contribution in [0.1, 0.15) is 75.8 Å². The van der Waals surface area contributed by atoms with Crippen LogP contribution in [0.2, 0.25) is 0 Å². The largest absolute Gasteiger partial charge is 0.375 e. The molecule has 0 aromatic heterocycles. The van der Waals surface area contributed by atoms with Gasteiger partial charge in [0.15, 0.2) is 0 Å². The van der Waals surface area contributed by atoms with Crippen molar-refractivity contribution in [3.8, 4) is 0 Å². The first-order valence-corrected chi connectivity index (χ1v) is 13.1. The summed E-state index contributed by atoms with van der Waals surface area (Å²) in [5, 5.41) is 0. The minimum Gasteiger partial charge on any atom is -0.375 e. The predicted octanol–water partition coefficient (Wildman–Crippen LogP) is 7.85. The van der Waals surface area contributed by atoms with Gasteiger partial charge in [-0.15, -0.1) is 0 Å². The van der Waals surface area contributed by atoms with Crippen LogP contribution in [0.3, 0.4) is 0 Å². The number of allylic oxidation sites excluding steroid dienone is 2. The zero-order chi connectivity index (χ0) is 24.9. The Balaban J connectivity index is 2.28. The Morgan fingerprint density at radius 3 is 1.94 bits per heavy atom. The van der Waals surface area contributed by atoms with E-state index in [0.717, 1.165) is 38.8 Å². The van der Waals surface area contributed by atoms with Crippen molar-refractivity contribution < 1.29 is 4.74 Å². The summed E-state index contributed by atoms with van der Waals surface area (Å²) in [5.41, 5.74) is 7.93. The van der Waals surface area contributed by atoms with Gasteiger partial charge in [-0.05, 0) is 80.1 Å². The summed E-state index contributed by atoms with van der Waals surface area (Å²) in [7, 11) is 4.30. The van der Waals surface area contributed by atoms with Crippen molar-refractivity contribution in [3.63, 3.8) is 0 Å². The number of hydrogen-bond acceptors (Lipinski definition) is 3. The molecule has 2 aromatic carbocycles. The highest BCUT2D eigenvalue weighted by Crippen LogP contribution is 2.28. The smallest absolute Gasteiger partial charge is 0.101 e. The maximum absolute atomic E-state index is 6.17. The number of aryl methyl sites for hydroxylation is 2. The van der Waals surface area contributed by atoms with Gasteiger partial charge in [0.1, 0.15) is 6.10 Å². The van der Waals surface area contributed by atoms with Gasteiger partial charge in [-0.1, -0.05) is 63.1 Å². The molecule has 2 rings (SSSR count). The Labute approximate surface area is 209 Å². The maximum Gasteiger partial charge on any atom is 0.101 e. The van der Waals surface area contributed by atoms with E-state index < -0.39 is 0 Å². The number of nitrogens with zero attached hydrogens (tertiary/aromatic N) is 2. The monoisotopic (exact) mass is 462 g/mol. The van der Waals surface area contributed by atoms with Crippen molar-refractivity contribution in [1.29, 1.82) is 0 Å². The second-order valence-corrected chi connectivity index (χ2v) is 8.91. The van der Waals surface area contributed by atoms with Gasteiger partial charge >= 0.3 is 0 Å². The molecule has 0 radical (unpaired) electrons. The average molecular weight is 463 g/mol.